The van der Waals surface area contributed by atoms with E-state index < -0.39 is 0 Å². The zero-order chi connectivity index (χ0) is 17.2. The van der Waals surface area contributed by atoms with Crippen molar-refractivity contribution >= 4 is 11.7 Å². The Bertz CT molecular complexity index is 628. The van der Waals surface area contributed by atoms with Gasteiger partial charge in [-0.05, 0) is 51.9 Å². The van der Waals surface area contributed by atoms with Crippen LogP contribution in [0.3, 0.4) is 0 Å². The van der Waals surface area contributed by atoms with Crippen LogP contribution in [0.15, 0.2) is 6.33 Å². The molecule has 1 amide bonds. The van der Waals surface area contributed by atoms with Crippen LogP contribution in [-0.4, -0.2) is 47.1 Å². The molecule has 25 heavy (non-hydrogen) atoms. The van der Waals surface area contributed by atoms with E-state index >= 15 is 0 Å². The molecule has 2 fully saturated rings. The number of rotatable bonds is 3. The van der Waals surface area contributed by atoms with Gasteiger partial charge < -0.3 is 10.2 Å². The van der Waals surface area contributed by atoms with Crippen LogP contribution in [0, 0.1) is 0 Å². The van der Waals surface area contributed by atoms with Gasteiger partial charge in [-0.2, -0.15) is 0 Å². The molecular formula is C18H28N6O. The summed E-state index contributed by atoms with van der Waals surface area (Å²) in [6.07, 6.45) is 9.16. The van der Waals surface area contributed by atoms with Gasteiger partial charge in [0.25, 0.3) is 0 Å². The van der Waals surface area contributed by atoms with Crippen molar-refractivity contribution in [3.63, 3.8) is 0 Å². The van der Waals surface area contributed by atoms with E-state index in [1.165, 1.54) is 24.1 Å². The van der Waals surface area contributed by atoms with E-state index in [-0.39, 0.29) is 18.0 Å². The molecule has 3 N–H and O–H groups in total. The zero-order valence-electron chi connectivity index (χ0n) is 14.9. The quantitative estimate of drug-likeness (QED) is 0.749. The van der Waals surface area contributed by atoms with Gasteiger partial charge in [0.05, 0.1) is 0 Å². The molecule has 136 valence electrons. The molecule has 2 atom stereocenters. The van der Waals surface area contributed by atoms with Gasteiger partial charge in [-0.25, -0.2) is 15.4 Å². The maximum Gasteiger partial charge on any atom is 0.238 e. The normalized spacial score (nSPS) is 27.2. The SMILES string of the molecule is CC1CC(C(=O)NC2CCN(c3ncnc4c3CCCC4)CC2)NN1. The van der Waals surface area contributed by atoms with Gasteiger partial charge in [-0.1, -0.05) is 0 Å². The molecule has 0 bridgehead atoms. The van der Waals surface area contributed by atoms with Crippen molar-refractivity contribution in [2.75, 3.05) is 18.0 Å². The molecule has 0 spiro atoms. The molecule has 2 unspecified atom stereocenters. The molecule has 1 aromatic heterocycles. The highest BCUT2D eigenvalue weighted by Gasteiger charge is 2.30. The summed E-state index contributed by atoms with van der Waals surface area (Å²) in [5.74, 6) is 1.25. The predicted octanol–water partition coefficient (Wildman–Crippen LogP) is 0.695. The number of fused-ring (bicyclic) bond motifs is 1. The summed E-state index contributed by atoms with van der Waals surface area (Å²) >= 11 is 0. The van der Waals surface area contributed by atoms with Crippen molar-refractivity contribution in [1.82, 2.24) is 26.1 Å². The summed E-state index contributed by atoms with van der Waals surface area (Å²) in [5, 5.41) is 3.21. The molecule has 3 aliphatic rings. The van der Waals surface area contributed by atoms with Crippen LogP contribution in [0.1, 0.15) is 50.3 Å². The van der Waals surface area contributed by atoms with Gasteiger partial charge in [-0.3, -0.25) is 10.2 Å². The van der Waals surface area contributed by atoms with Crippen LogP contribution < -0.4 is 21.1 Å². The molecule has 3 heterocycles. The van der Waals surface area contributed by atoms with E-state index in [1.54, 1.807) is 6.33 Å². The maximum absolute atomic E-state index is 12.4. The minimum Gasteiger partial charge on any atom is -0.356 e. The van der Waals surface area contributed by atoms with Gasteiger partial charge >= 0.3 is 0 Å². The Labute approximate surface area is 149 Å². The van der Waals surface area contributed by atoms with E-state index in [2.05, 4.69) is 38.0 Å². The standard InChI is InChI=1S/C18H28N6O/c1-12-10-16(23-22-12)18(25)21-13-6-8-24(9-7-13)17-14-4-2-3-5-15(14)19-11-20-17/h11-13,16,22-23H,2-10H2,1H3,(H,21,25). The van der Waals surface area contributed by atoms with E-state index in [4.69, 9.17) is 0 Å². The number of hydrazine groups is 1. The third kappa shape index (κ3) is 3.62. The first-order valence-electron chi connectivity index (χ1n) is 9.60. The molecule has 0 aromatic carbocycles. The predicted molar refractivity (Wildman–Crippen MR) is 96.2 cm³/mol. The summed E-state index contributed by atoms with van der Waals surface area (Å²) in [6, 6.07) is 0.502. The largest absolute Gasteiger partial charge is 0.356 e. The fourth-order valence-electron chi connectivity index (χ4n) is 4.20. The second-order valence-corrected chi connectivity index (χ2v) is 7.58. The fraction of sp³-hybridized carbons (Fsp3) is 0.722. The number of nitrogens with zero attached hydrogens (tertiary/aromatic N) is 3. The summed E-state index contributed by atoms with van der Waals surface area (Å²) in [5.41, 5.74) is 8.78. The van der Waals surface area contributed by atoms with Crippen LogP contribution in [-0.2, 0) is 17.6 Å². The Hall–Kier alpha value is -1.73. The number of aromatic nitrogens is 2. The molecule has 4 rings (SSSR count). The highest BCUT2D eigenvalue weighted by atomic mass is 16.2. The average molecular weight is 344 g/mol. The number of hydrogen-bond acceptors (Lipinski definition) is 6. The van der Waals surface area contributed by atoms with E-state index in [0.29, 0.717) is 6.04 Å². The third-order valence-corrected chi connectivity index (χ3v) is 5.65. The minimum atomic E-state index is -0.109. The first-order chi connectivity index (χ1) is 12.2. The topological polar surface area (TPSA) is 82.2 Å². The number of hydrogen-bond donors (Lipinski definition) is 3. The Morgan fingerprint density at radius 1 is 1.20 bits per heavy atom. The monoisotopic (exact) mass is 344 g/mol. The van der Waals surface area contributed by atoms with Crippen molar-refractivity contribution in [1.29, 1.82) is 0 Å². The Balaban J connectivity index is 1.34. The number of anilines is 1. The highest BCUT2D eigenvalue weighted by molar-refractivity contribution is 5.82. The number of nitrogens with one attached hydrogen (secondary N) is 3. The highest BCUT2D eigenvalue weighted by Crippen LogP contribution is 2.28. The van der Waals surface area contributed by atoms with Crippen LogP contribution in [0.5, 0.6) is 0 Å². The number of piperidine rings is 1. The number of amides is 1. The molecule has 0 saturated carbocycles. The van der Waals surface area contributed by atoms with Crippen LogP contribution in [0.2, 0.25) is 0 Å². The second kappa shape index (κ2) is 7.25. The third-order valence-electron chi connectivity index (χ3n) is 5.65. The fourth-order valence-corrected chi connectivity index (χ4v) is 4.20. The molecule has 2 saturated heterocycles. The van der Waals surface area contributed by atoms with Crippen molar-refractivity contribution in [3.8, 4) is 0 Å². The Morgan fingerprint density at radius 3 is 2.76 bits per heavy atom. The lowest BCUT2D eigenvalue weighted by Gasteiger charge is -2.35. The summed E-state index contributed by atoms with van der Waals surface area (Å²) < 4.78 is 0. The average Bonchev–Trinajstić information content (AvgIpc) is 3.08. The zero-order valence-corrected chi connectivity index (χ0v) is 14.9. The first-order valence-corrected chi connectivity index (χ1v) is 9.60. The van der Waals surface area contributed by atoms with Gasteiger partial charge in [0.15, 0.2) is 0 Å². The molecule has 2 aliphatic heterocycles. The van der Waals surface area contributed by atoms with Gasteiger partial charge in [0.2, 0.25) is 5.91 Å². The number of aryl methyl sites for hydroxylation is 1. The minimum absolute atomic E-state index is 0.109. The summed E-state index contributed by atoms with van der Waals surface area (Å²) in [6.45, 7) is 3.98. The molecule has 0 radical (unpaired) electrons. The molecule has 7 heteroatoms. The summed E-state index contributed by atoms with van der Waals surface area (Å²) in [7, 11) is 0. The molecule has 1 aromatic rings. The summed E-state index contributed by atoms with van der Waals surface area (Å²) in [4.78, 5) is 23.8. The van der Waals surface area contributed by atoms with Crippen LogP contribution in [0.4, 0.5) is 5.82 Å². The van der Waals surface area contributed by atoms with Crippen molar-refractivity contribution < 1.29 is 4.79 Å². The first kappa shape index (κ1) is 16.7. The van der Waals surface area contributed by atoms with Gasteiger partial charge in [0.1, 0.15) is 18.2 Å². The lowest BCUT2D eigenvalue weighted by atomic mass is 9.95. The van der Waals surface area contributed by atoms with E-state index in [1.807, 2.05) is 0 Å². The lowest BCUT2D eigenvalue weighted by Crippen LogP contribution is -2.50. The number of carbonyl (C=O) groups is 1. The van der Waals surface area contributed by atoms with E-state index in [0.717, 1.165) is 51.0 Å². The van der Waals surface area contributed by atoms with Gasteiger partial charge in [0, 0.05) is 36.4 Å². The lowest BCUT2D eigenvalue weighted by molar-refractivity contribution is -0.123. The maximum atomic E-state index is 12.4. The molecular weight excluding hydrogens is 316 g/mol. The molecule has 7 nitrogen and oxygen atoms in total. The second-order valence-electron chi connectivity index (χ2n) is 7.58. The number of carbonyl (C=O) groups excluding carboxylic acids is 1. The van der Waals surface area contributed by atoms with Gasteiger partial charge in [-0.15, -0.1) is 0 Å². The van der Waals surface area contributed by atoms with Crippen LogP contribution >= 0.6 is 0 Å². The smallest absolute Gasteiger partial charge is 0.238 e. The van der Waals surface area contributed by atoms with Crippen molar-refractivity contribution in [2.45, 2.75) is 70.0 Å². The van der Waals surface area contributed by atoms with Crippen molar-refractivity contribution in [3.05, 3.63) is 17.6 Å². The Kier molecular flexibility index (Phi) is 4.85. The van der Waals surface area contributed by atoms with Crippen LogP contribution in [0.25, 0.3) is 0 Å². The Morgan fingerprint density at radius 2 is 2.00 bits per heavy atom. The molecule has 1 aliphatic carbocycles. The van der Waals surface area contributed by atoms with Crippen molar-refractivity contribution in [2.24, 2.45) is 0 Å². The van der Waals surface area contributed by atoms with E-state index in [9.17, 15) is 4.79 Å².